The molecule has 19 heavy (non-hydrogen) atoms. The van der Waals surface area contributed by atoms with Gasteiger partial charge in [0.1, 0.15) is 5.52 Å². The van der Waals surface area contributed by atoms with Crippen molar-refractivity contribution in [2.75, 3.05) is 20.6 Å². The van der Waals surface area contributed by atoms with Crippen molar-refractivity contribution in [2.45, 2.75) is 32.9 Å². The zero-order valence-electron chi connectivity index (χ0n) is 12.4. The van der Waals surface area contributed by atoms with Gasteiger partial charge in [-0.3, -0.25) is 4.90 Å². The van der Waals surface area contributed by atoms with Crippen molar-refractivity contribution in [3.63, 3.8) is 0 Å². The molecule has 0 aliphatic heterocycles. The van der Waals surface area contributed by atoms with E-state index in [1.54, 1.807) is 0 Å². The number of oxazole rings is 1. The Labute approximate surface area is 114 Å². The van der Waals surface area contributed by atoms with Crippen LogP contribution in [0.25, 0.3) is 11.1 Å². The first kappa shape index (κ1) is 14.0. The van der Waals surface area contributed by atoms with Gasteiger partial charge in [-0.25, -0.2) is 4.98 Å². The van der Waals surface area contributed by atoms with Gasteiger partial charge in [-0.1, -0.05) is 6.07 Å². The van der Waals surface area contributed by atoms with Crippen LogP contribution in [0.2, 0.25) is 0 Å². The molecule has 104 valence electrons. The SMILES string of the molecule is CNCC(C)(C)N(C)Cc1ccc2oc(C)nc2c1. The molecule has 0 amide bonds. The molecule has 2 rings (SSSR count). The van der Waals surface area contributed by atoms with Gasteiger partial charge in [0, 0.05) is 25.6 Å². The van der Waals surface area contributed by atoms with E-state index in [2.05, 4.69) is 48.2 Å². The van der Waals surface area contributed by atoms with E-state index in [9.17, 15) is 0 Å². The van der Waals surface area contributed by atoms with Crippen molar-refractivity contribution in [1.29, 1.82) is 0 Å². The van der Waals surface area contributed by atoms with Gasteiger partial charge < -0.3 is 9.73 Å². The van der Waals surface area contributed by atoms with Gasteiger partial charge in [-0.2, -0.15) is 0 Å². The molecule has 0 spiro atoms. The average Bonchev–Trinajstić information content (AvgIpc) is 2.68. The summed E-state index contributed by atoms with van der Waals surface area (Å²) in [7, 11) is 4.13. The molecule has 2 aromatic rings. The molecule has 0 bridgehead atoms. The Hall–Kier alpha value is -1.39. The summed E-state index contributed by atoms with van der Waals surface area (Å²) in [6, 6.07) is 6.22. The molecule has 0 atom stereocenters. The Bertz CT molecular complexity index is 560. The molecule has 1 heterocycles. The van der Waals surface area contributed by atoms with Crippen LogP contribution < -0.4 is 5.32 Å². The van der Waals surface area contributed by atoms with E-state index in [1.807, 2.05) is 20.0 Å². The first-order valence-electron chi connectivity index (χ1n) is 6.64. The van der Waals surface area contributed by atoms with Crippen molar-refractivity contribution in [1.82, 2.24) is 15.2 Å². The van der Waals surface area contributed by atoms with E-state index in [1.165, 1.54) is 5.56 Å². The number of hydrogen-bond acceptors (Lipinski definition) is 4. The highest BCUT2D eigenvalue weighted by atomic mass is 16.3. The van der Waals surface area contributed by atoms with Gasteiger partial charge in [0.05, 0.1) is 0 Å². The summed E-state index contributed by atoms with van der Waals surface area (Å²) in [4.78, 5) is 6.73. The zero-order valence-corrected chi connectivity index (χ0v) is 12.4. The summed E-state index contributed by atoms with van der Waals surface area (Å²) < 4.78 is 5.50. The van der Waals surface area contributed by atoms with Gasteiger partial charge in [-0.15, -0.1) is 0 Å². The Morgan fingerprint density at radius 3 is 2.79 bits per heavy atom. The number of fused-ring (bicyclic) bond motifs is 1. The van der Waals surface area contributed by atoms with Crippen LogP contribution in [0.5, 0.6) is 0 Å². The normalized spacial score (nSPS) is 12.5. The topological polar surface area (TPSA) is 41.3 Å². The fourth-order valence-electron chi connectivity index (χ4n) is 2.24. The fourth-order valence-corrected chi connectivity index (χ4v) is 2.24. The number of hydrogen-bond donors (Lipinski definition) is 1. The molecular formula is C15H23N3O. The van der Waals surface area contributed by atoms with Gasteiger partial charge in [0.15, 0.2) is 11.5 Å². The van der Waals surface area contributed by atoms with E-state index in [0.717, 1.165) is 30.1 Å². The van der Waals surface area contributed by atoms with Crippen LogP contribution in [0.15, 0.2) is 22.6 Å². The molecular weight excluding hydrogens is 238 g/mol. The first-order chi connectivity index (χ1) is 8.92. The molecule has 4 nitrogen and oxygen atoms in total. The summed E-state index contributed by atoms with van der Waals surface area (Å²) >= 11 is 0. The largest absolute Gasteiger partial charge is 0.441 e. The highest BCUT2D eigenvalue weighted by Crippen LogP contribution is 2.20. The lowest BCUT2D eigenvalue weighted by atomic mass is 10.0. The fraction of sp³-hybridized carbons (Fsp3) is 0.533. The van der Waals surface area contributed by atoms with Crippen LogP contribution in [-0.2, 0) is 6.54 Å². The number of aryl methyl sites for hydroxylation is 1. The van der Waals surface area contributed by atoms with E-state index in [4.69, 9.17) is 4.42 Å². The van der Waals surface area contributed by atoms with Crippen molar-refractivity contribution < 1.29 is 4.42 Å². The number of nitrogens with zero attached hydrogens (tertiary/aromatic N) is 2. The summed E-state index contributed by atoms with van der Waals surface area (Å²) in [6.45, 7) is 8.21. The predicted molar refractivity (Wildman–Crippen MR) is 78.2 cm³/mol. The summed E-state index contributed by atoms with van der Waals surface area (Å²) in [6.07, 6.45) is 0. The highest BCUT2D eigenvalue weighted by Gasteiger charge is 2.22. The minimum Gasteiger partial charge on any atom is -0.441 e. The Kier molecular flexibility index (Phi) is 3.92. The molecule has 4 heteroatoms. The lowest BCUT2D eigenvalue weighted by Crippen LogP contribution is -2.47. The Morgan fingerprint density at radius 2 is 2.11 bits per heavy atom. The van der Waals surface area contributed by atoms with Crippen molar-refractivity contribution in [2.24, 2.45) is 0 Å². The number of likely N-dealkylation sites (N-methyl/N-ethyl adjacent to an activating group) is 2. The lowest BCUT2D eigenvalue weighted by Gasteiger charge is -2.35. The molecule has 0 saturated carbocycles. The minimum atomic E-state index is 0.115. The second kappa shape index (κ2) is 5.31. The number of aromatic nitrogens is 1. The molecule has 0 fully saturated rings. The molecule has 1 aromatic carbocycles. The van der Waals surface area contributed by atoms with E-state index in [-0.39, 0.29) is 5.54 Å². The molecule has 0 aliphatic carbocycles. The molecule has 1 aromatic heterocycles. The quantitative estimate of drug-likeness (QED) is 0.898. The van der Waals surface area contributed by atoms with Gasteiger partial charge in [-0.05, 0) is 45.6 Å². The highest BCUT2D eigenvalue weighted by molar-refractivity contribution is 5.73. The first-order valence-corrected chi connectivity index (χ1v) is 6.64. The smallest absolute Gasteiger partial charge is 0.192 e. The second-order valence-electron chi connectivity index (χ2n) is 5.73. The van der Waals surface area contributed by atoms with Crippen LogP contribution in [0.4, 0.5) is 0 Å². The third-order valence-corrected chi connectivity index (χ3v) is 3.62. The van der Waals surface area contributed by atoms with Gasteiger partial charge >= 0.3 is 0 Å². The Balaban J connectivity index is 2.16. The summed E-state index contributed by atoms with van der Waals surface area (Å²) in [5.74, 6) is 0.719. The van der Waals surface area contributed by atoms with Crippen LogP contribution in [-0.4, -0.2) is 36.1 Å². The number of benzene rings is 1. The van der Waals surface area contributed by atoms with Crippen molar-refractivity contribution in [3.8, 4) is 0 Å². The monoisotopic (exact) mass is 261 g/mol. The number of nitrogens with one attached hydrogen (secondary N) is 1. The van der Waals surface area contributed by atoms with Crippen molar-refractivity contribution in [3.05, 3.63) is 29.7 Å². The average molecular weight is 261 g/mol. The third kappa shape index (κ3) is 3.14. The van der Waals surface area contributed by atoms with E-state index in [0.29, 0.717) is 0 Å². The second-order valence-corrected chi connectivity index (χ2v) is 5.73. The Morgan fingerprint density at radius 1 is 1.37 bits per heavy atom. The summed E-state index contributed by atoms with van der Waals surface area (Å²) in [5, 5.41) is 3.24. The summed E-state index contributed by atoms with van der Waals surface area (Å²) in [5.41, 5.74) is 3.17. The minimum absolute atomic E-state index is 0.115. The molecule has 1 N–H and O–H groups in total. The molecule has 0 radical (unpaired) electrons. The van der Waals surface area contributed by atoms with Crippen LogP contribution in [0.1, 0.15) is 25.3 Å². The standard InChI is InChI=1S/C15H23N3O/c1-11-17-13-8-12(6-7-14(13)19-11)9-18(5)15(2,3)10-16-4/h6-8,16H,9-10H2,1-5H3. The zero-order chi connectivity index (χ0) is 14.0. The molecule has 0 unspecified atom stereocenters. The van der Waals surface area contributed by atoms with E-state index >= 15 is 0 Å². The molecule has 0 saturated heterocycles. The van der Waals surface area contributed by atoms with Crippen molar-refractivity contribution >= 4 is 11.1 Å². The third-order valence-electron chi connectivity index (χ3n) is 3.62. The maximum absolute atomic E-state index is 5.50. The maximum Gasteiger partial charge on any atom is 0.192 e. The van der Waals surface area contributed by atoms with Gasteiger partial charge in [0.2, 0.25) is 0 Å². The predicted octanol–water partition coefficient (Wildman–Crippen LogP) is 2.57. The maximum atomic E-state index is 5.50. The van der Waals surface area contributed by atoms with Crippen LogP contribution in [0, 0.1) is 6.92 Å². The van der Waals surface area contributed by atoms with Crippen LogP contribution >= 0.6 is 0 Å². The van der Waals surface area contributed by atoms with E-state index < -0.39 is 0 Å². The lowest BCUT2D eigenvalue weighted by molar-refractivity contribution is 0.147. The molecule has 0 aliphatic rings. The van der Waals surface area contributed by atoms with Crippen LogP contribution in [0.3, 0.4) is 0 Å². The number of rotatable bonds is 5. The van der Waals surface area contributed by atoms with Gasteiger partial charge in [0.25, 0.3) is 0 Å².